The summed E-state index contributed by atoms with van der Waals surface area (Å²) in [6, 6.07) is 4.37. The number of halogens is 2. The Morgan fingerprint density at radius 3 is 2.64 bits per heavy atom. The summed E-state index contributed by atoms with van der Waals surface area (Å²) in [7, 11) is 0. The van der Waals surface area contributed by atoms with Crippen LogP contribution >= 0.6 is 0 Å². The monoisotopic (exact) mass is 551 g/mol. The highest BCUT2D eigenvalue weighted by Gasteiger charge is 2.54. The minimum absolute atomic E-state index is 0.135. The molecule has 1 saturated heterocycles. The van der Waals surface area contributed by atoms with Gasteiger partial charge >= 0.3 is 12.3 Å². The van der Waals surface area contributed by atoms with Gasteiger partial charge in [0.15, 0.2) is 17.8 Å². The molecule has 3 heterocycles. The molecule has 6 N–H and O–H groups in total. The number of anilines is 1. The highest BCUT2D eigenvalue weighted by Crippen LogP contribution is 2.42. The summed E-state index contributed by atoms with van der Waals surface area (Å²) in [6.45, 7) is 5.04. The molecule has 2 aromatic rings. The second kappa shape index (κ2) is 11.3. The van der Waals surface area contributed by atoms with Crippen LogP contribution in [0, 0.1) is 5.92 Å². The molecule has 2 aliphatic heterocycles. The molecule has 0 bridgehead atoms. The van der Waals surface area contributed by atoms with Gasteiger partial charge in [0, 0.05) is 18.8 Å². The lowest BCUT2D eigenvalue weighted by Crippen LogP contribution is -2.70. The minimum Gasteiger partial charge on any atom is -0.395 e. The number of imide groups is 1. The number of aromatic nitrogens is 1. The quantitative estimate of drug-likeness (QED) is 0.216. The van der Waals surface area contributed by atoms with Crippen LogP contribution in [0.15, 0.2) is 36.5 Å². The van der Waals surface area contributed by atoms with E-state index < -0.39 is 54.8 Å². The largest absolute Gasteiger partial charge is 0.586 e. The van der Waals surface area contributed by atoms with Gasteiger partial charge in [-0.2, -0.15) is 0 Å². The predicted molar refractivity (Wildman–Crippen MR) is 133 cm³/mol. The number of alkyl halides is 2. The number of nitrogens with one attached hydrogen (secondary N) is 2. The number of nitrogens with two attached hydrogens (primary N) is 1. The third-order valence-electron chi connectivity index (χ3n) is 6.45. The smallest absolute Gasteiger partial charge is 0.395 e. The lowest BCUT2D eigenvalue weighted by atomic mass is 9.82. The average Bonchev–Trinajstić information content (AvgIpc) is 3.18. The lowest BCUT2D eigenvalue weighted by molar-refractivity contribution is -0.286. The van der Waals surface area contributed by atoms with Crippen LogP contribution in [0.25, 0.3) is 0 Å². The Bertz CT molecular complexity index is 1220. The van der Waals surface area contributed by atoms with Gasteiger partial charge in [0.05, 0.1) is 12.0 Å². The van der Waals surface area contributed by atoms with E-state index in [9.17, 15) is 28.6 Å². The van der Waals surface area contributed by atoms with Crippen LogP contribution in [0.5, 0.6) is 11.5 Å². The Morgan fingerprint density at radius 2 is 1.95 bits per heavy atom. The SMILES string of the molecule is CCOC(O)[C@@H]1[C@@H](Cc2ccnc(NC(O)[C@H](C)N)c2)C(=O)N1C(=O)N[C@H](C)c1ccc2c(c1)OC(F)(F)O2. The van der Waals surface area contributed by atoms with Crippen LogP contribution in [0.3, 0.4) is 0 Å². The van der Waals surface area contributed by atoms with Crippen LogP contribution < -0.4 is 25.8 Å². The second-order valence-corrected chi connectivity index (χ2v) is 9.40. The molecule has 2 aliphatic rings. The zero-order valence-corrected chi connectivity index (χ0v) is 21.5. The topological polar surface area (TPSA) is 168 Å². The highest BCUT2D eigenvalue weighted by molar-refractivity contribution is 6.01. The van der Waals surface area contributed by atoms with Crippen molar-refractivity contribution in [1.29, 1.82) is 0 Å². The molecule has 6 atom stereocenters. The van der Waals surface area contributed by atoms with Crippen molar-refractivity contribution in [3.8, 4) is 11.5 Å². The van der Waals surface area contributed by atoms with Crippen LogP contribution in [0.1, 0.15) is 37.9 Å². The Labute approximate surface area is 223 Å². The van der Waals surface area contributed by atoms with Crippen molar-refractivity contribution in [2.24, 2.45) is 11.7 Å². The van der Waals surface area contributed by atoms with Crippen LogP contribution in [-0.2, 0) is 16.0 Å². The van der Waals surface area contributed by atoms with Gasteiger partial charge in [-0.05, 0) is 62.6 Å². The summed E-state index contributed by atoms with van der Waals surface area (Å²) < 4.78 is 40.9. The zero-order valence-electron chi connectivity index (χ0n) is 21.5. The Balaban J connectivity index is 1.46. The molecule has 212 valence electrons. The molecular formula is C25H31F2N5O7. The molecule has 0 radical (unpaired) electrons. The van der Waals surface area contributed by atoms with E-state index in [1.807, 2.05) is 0 Å². The van der Waals surface area contributed by atoms with Crippen molar-refractivity contribution in [3.63, 3.8) is 0 Å². The number of pyridine rings is 1. The van der Waals surface area contributed by atoms with Gasteiger partial charge in [-0.1, -0.05) is 6.07 Å². The Hall–Kier alpha value is -3.59. The van der Waals surface area contributed by atoms with Crippen LogP contribution in [0.4, 0.5) is 19.4 Å². The molecule has 1 fully saturated rings. The fraction of sp³-hybridized carbons (Fsp3) is 0.480. The first-order valence-electron chi connectivity index (χ1n) is 12.4. The predicted octanol–water partition coefficient (Wildman–Crippen LogP) is 1.68. The standard InChI is InChI=1S/C25H31F2N5O7/c1-4-37-23(35)20-16(9-14-7-8-29-19(10-14)31-21(33)12(2)28)22(34)32(20)24(36)30-13(3)15-5-6-17-18(11-15)39-25(26,27)38-17/h5-8,10-13,16,20-21,23,33,35H,4,9,28H2,1-3H3,(H,29,31)(H,30,36)/t12-,13+,16+,20-,21?,23?/m0/s1. The molecule has 0 saturated carbocycles. The molecule has 14 heteroatoms. The second-order valence-electron chi connectivity index (χ2n) is 9.40. The first-order chi connectivity index (χ1) is 18.4. The minimum atomic E-state index is -3.77. The van der Waals surface area contributed by atoms with Crippen molar-refractivity contribution in [2.75, 3.05) is 11.9 Å². The summed E-state index contributed by atoms with van der Waals surface area (Å²) >= 11 is 0. The maximum Gasteiger partial charge on any atom is 0.586 e. The number of aliphatic hydroxyl groups is 2. The molecule has 0 aliphatic carbocycles. The number of hydrogen-bond acceptors (Lipinski definition) is 10. The number of amides is 3. The van der Waals surface area contributed by atoms with Gasteiger partial charge in [0.25, 0.3) is 0 Å². The van der Waals surface area contributed by atoms with Crippen molar-refractivity contribution >= 4 is 17.8 Å². The van der Waals surface area contributed by atoms with E-state index in [0.29, 0.717) is 16.9 Å². The third-order valence-corrected chi connectivity index (χ3v) is 6.45. The van der Waals surface area contributed by atoms with E-state index in [-0.39, 0.29) is 24.5 Å². The van der Waals surface area contributed by atoms with Crippen molar-refractivity contribution < 1.29 is 42.8 Å². The summed E-state index contributed by atoms with van der Waals surface area (Å²) in [5.41, 5.74) is 6.77. The number of ether oxygens (including phenoxy) is 3. The van der Waals surface area contributed by atoms with Crippen molar-refractivity contribution in [1.82, 2.24) is 15.2 Å². The van der Waals surface area contributed by atoms with E-state index in [1.54, 1.807) is 32.9 Å². The van der Waals surface area contributed by atoms with E-state index in [2.05, 4.69) is 25.1 Å². The van der Waals surface area contributed by atoms with Gasteiger partial charge in [0.1, 0.15) is 18.1 Å². The number of aliphatic hydroxyl groups excluding tert-OH is 2. The van der Waals surface area contributed by atoms with Gasteiger partial charge in [-0.25, -0.2) is 9.78 Å². The number of carbonyl (C=O) groups excluding carboxylic acids is 2. The van der Waals surface area contributed by atoms with Crippen LogP contribution in [0.2, 0.25) is 0 Å². The maximum atomic E-state index is 13.3. The maximum absolute atomic E-state index is 13.3. The van der Waals surface area contributed by atoms with E-state index in [0.717, 1.165) is 4.90 Å². The van der Waals surface area contributed by atoms with Gasteiger partial charge in [0.2, 0.25) is 5.91 Å². The number of benzene rings is 1. The normalized spacial score (nSPS) is 22.5. The molecule has 3 amide bonds. The molecule has 12 nitrogen and oxygen atoms in total. The number of β-lactam (4-membered cyclic amide) rings is 1. The van der Waals surface area contributed by atoms with Crippen molar-refractivity contribution in [3.05, 3.63) is 47.7 Å². The Morgan fingerprint density at radius 1 is 1.23 bits per heavy atom. The van der Waals surface area contributed by atoms with Crippen LogP contribution in [-0.4, -0.2) is 69.5 Å². The number of nitrogens with zero attached hydrogens (tertiary/aromatic N) is 2. The average molecular weight is 552 g/mol. The fourth-order valence-electron chi connectivity index (χ4n) is 4.40. The number of urea groups is 1. The number of carbonyl (C=O) groups is 2. The lowest BCUT2D eigenvalue weighted by Gasteiger charge is -2.47. The molecule has 1 aromatic heterocycles. The zero-order chi connectivity index (χ0) is 28.5. The summed E-state index contributed by atoms with van der Waals surface area (Å²) in [4.78, 5) is 31.2. The van der Waals surface area contributed by atoms with E-state index in [1.165, 1.54) is 24.4 Å². The van der Waals surface area contributed by atoms with Crippen molar-refractivity contribution in [2.45, 2.75) is 64.1 Å². The Kier molecular flexibility index (Phi) is 8.20. The van der Waals surface area contributed by atoms with Gasteiger partial charge < -0.3 is 40.8 Å². The fourth-order valence-corrected chi connectivity index (χ4v) is 4.40. The molecular weight excluding hydrogens is 520 g/mol. The van der Waals surface area contributed by atoms with Gasteiger partial charge in [-0.15, -0.1) is 8.78 Å². The summed E-state index contributed by atoms with van der Waals surface area (Å²) in [5.74, 6) is -1.28. The molecule has 0 spiro atoms. The third kappa shape index (κ3) is 6.19. The van der Waals surface area contributed by atoms with E-state index in [4.69, 9.17) is 10.5 Å². The summed E-state index contributed by atoms with van der Waals surface area (Å²) in [6.07, 6.45) is -4.59. The number of likely N-dealkylation sites (tertiary alicyclic amines) is 1. The van der Waals surface area contributed by atoms with E-state index >= 15 is 0 Å². The molecule has 39 heavy (non-hydrogen) atoms. The number of fused-ring (bicyclic) bond motifs is 1. The first-order valence-corrected chi connectivity index (χ1v) is 12.4. The first kappa shape index (κ1) is 28.4. The number of hydrogen-bond donors (Lipinski definition) is 5. The molecule has 1 aromatic carbocycles. The van der Waals surface area contributed by atoms with Gasteiger partial charge in [-0.3, -0.25) is 9.69 Å². The molecule has 2 unspecified atom stereocenters. The summed E-state index contributed by atoms with van der Waals surface area (Å²) in [5, 5.41) is 26.0. The number of rotatable bonds is 10. The molecule has 4 rings (SSSR count). The highest BCUT2D eigenvalue weighted by atomic mass is 19.3.